The highest BCUT2D eigenvalue weighted by atomic mass is 32.1. The van der Waals surface area contributed by atoms with Crippen LogP contribution in [0.25, 0.3) is 0 Å². The van der Waals surface area contributed by atoms with Crippen LogP contribution in [-0.2, 0) is 6.42 Å². The highest BCUT2D eigenvalue weighted by Crippen LogP contribution is 2.20. The zero-order valence-corrected chi connectivity index (χ0v) is 14.9. The normalized spacial score (nSPS) is 10.7. The third-order valence-electron chi connectivity index (χ3n) is 3.37. The van der Waals surface area contributed by atoms with Gasteiger partial charge in [0.05, 0.1) is 6.10 Å². The van der Waals surface area contributed by atoms with Crippen LogP contribution in [0, 0.1) is 0 Å². The molecule has 1 amide bonds. The van der Waals surface area contributed by atoms with Crippen molar-refractivity contribution in [1.29, 1.82) is 0 Å². The fourth-order valence-corrected chi connectivity index (χ4v) is 3.04. The van der Waals surface area contributed by atoms with E-state index in [0.29, 0.717) is 17.1 Å². The quantitative estimate of drug-likeness (QED) is 0.722. The van der Waals surface area contributed by atoms with Gasteiger partial charge in [-0.05, 0) is 43.7 Å². The van der Waals surface area contributed by atoms with Crippen LogP contribution in [0.15, 0.2) is 54.6 Å². The second-order valence-electron chi connectivity index (χ2n) is 5.81. The first kappa shape index (κ1) is 17.1. The zero-order chi connectivity index (χ0) is 17.6. The topological polar surface area (TPSA) is 64.1 Å². The molecule has 0 unspecified atom stereocenters. The van der Waals surface area contributed by atoms with E-state index in [-0.39, 0.29) is 12.0 Å². The lowest BCUT2D eigenvalue weighted by atomic mass is 10.2. The van der Waals surface area contributed by atoms with E-state index >= 15 is 0 Å². The van der Waals surface area contributed by atoms with Gasteiger partial charge in [-0.2, -0.15) is 0 Å². The van der Waals surface area contributed by atoms with Crippen molar-refractivity contribution in [2.45, 2.75) is 26.4 Å². The molecule has 0 atom stereocenters. The number of rotatable bonds is 6. The van der Waals surface area contributed by atoms with E-state index < -0.39 is 0 Å². The number of carbonyl (C=O) groups is 1. The van der Waals surface area contributed by atoms with Crippen LogP contribution in [0.2, 0.25) is 0 Å². The van der Waals surface area contributed by atoms with Gasteiger partial charge in [-0.15, -0.1) is 10.2 Å². The van der Waals surface area contributed by atoms with E-state index in [1.165, 1.54) is 11.3 Å². The number of hydrogen-bond donors (Lipinski definition) is 1. The summed E-state index contributed by atoms with van der Waals surface area (Å²) >= 11 is 1.38. The molecule has 2 aromatic carbocycles. The molecule has 128 valence electrons. The Bertz CT molecular complexity index is 829. The van der Waals surface area contributed by atoms with Crippen molar-refractivity contribution >= 4 is 22.4 Å². The Labute approximate surface area is 150 Å². The molecule has 0 spiro atoms. The Kier molecular flexibility index (Phi) is 5.40. The van der Waals surface area contributed by atoms with Crippen LogP contribution in [0.3, 0.4) is 0 Å². The lowest BCUT2D eigenvalue weighted by Crippen LogP contribution is -2.12. The second-order valence-corrected chi connectivity index (χ2v) is 6.87. The minimum atomic E-state index is -0.210. The molecule has 0 radical (unpaired) electrons. The van der Waals surface area contributed by atoms with Crippen molar-refractivity contribution in [2.75, 3.05) is 5.32 Å². The molecule has 25 heavy (non-hydrogen) atoms. The highest BCUT2D eigenvalue weighted by molar-refractivity contribution is 7.15. The van der Waals surface area contributed by atoms with E-state index in [9.17, 15) is 4.79 Å². The molecular formula is C19H19N3O2S. The number of carbonyl (C=O) groups excluding carboxylic acids is 1. The number of nitrogens with one attached hydrogen (secondary N) is 1. The largest absolute Gasteiger partial charge is 0.491 e. The average molecular weight is 353 g/mol. The summed E-state index contributed by atoms with van der Waals surface area (Å²) in [5.74, 6) is 0.533. The van der Waals surface area contributed by atoms with Crippen molar-refractivity contribution in [1.82, 2.24) is 10.2 Å². The molecule has 1 N–H and O–H groups in total. The van der Waals surface area contributed by atoms with Crippen LogP contribution in [0.5, 0.6) is 5.75 Å². The molecule has 3 aromatic rings. The van der Waals surface area contributed by atoms with Gasteiger partial charge in [0.25, 0.3) is 5.91 Å². The summed E-state index contributed by atoms with van der Waals surface area (Å²) in [5, 5.41) is 12.3. The summed E-state index contributed by atoms with van der Waals surface area (Å²) in [6.45, 7) is 3.92. The third-order valence-corrected chi connectivity index (χ3v) is 4.21. The molecule has 0 bridgehead atoms. The predicted molar refractivity (Wildman–Crippen MR) is 99.3 cm³/mol. The van der Waals surface area contributed by atoms with E-state index in [1.807, 2.05) is 44.2 Å². The number of hydrogen-bond acceptors (Lipinski definition) is 5. The molecule has 0 fully saturated rings. The van der Waals surface area contributed by atoms with Crippen LogP contribution in [-0.4, -0.2) is 22.2 Å². The summed E-state index contributed by atoms with van der Waals surface area (Å²) in [7, 11) is 0. The molecule has 5 nitrogen and oxygen atoms in total. The molecule has 0 aliphatic heterocycles. The number of nitrogens with zero attached hydrogens (tertiary/aromatic N) is 2. The van der Waals surface area contributed by atoms with Gasteiger partial charge in [0.1, 0.15) is 10.8 Å². The van der Waals surface area contributed by atoms with E-state index in [1.54, 1.807) is 24.3 Å². The van der Waals surface area contributed by atoms with Crippen molar-refractivity contribution in [3.8, 4) is 5.75 Å². The summed E-state index contributed by atoms with van der Waals surface area (Å²) in [5.41, 5.74) is 1.72. The number of amides is 1. The first-order valence-corrected chi connectivity index (χ1v) is 8.86. The Balaban J connectivity index is 1.61. The molecular weight excluding hydrogens is 334 g/mol. The number of aromatic nitrogens is 2. The maximum Gasteiger partial charge on any atom is 0.257 e. The molecule has 1 aromatic heterocycles. The van der Waals surface area contributed by atoms with Crippen molar-refractivity contribution in [2.24, 2.45) is 0 Å². The minimum absolute atomic E-state index is 0.101. The summed E-state index contributed by atoms with van der Waals surface area (Å²) in [4.78, 5) is 12.3. The Morgan fingerprint density at radius 3 is 2.48 bits per heavy atom. The first-order chi connectivity index (χ1) is 12.1. The average Bonchev–Trinajstić information content (AvgIpc) is 3.02. The van der Waals surface area contributed by atoms with Gasteiger partial charge in [0.15, 0.2) is 0 Å². The predicted octanol–water partition coefficient (Wildman–Crippen LogP) is 4.17. The van der Waals surface area contributed by atoms with Crippen LogP contribution in [0.4, 0.5) is 5.13 Å². The Morgan fingerprint density at radius 1 is 1.08 bits per heavy atom. The number of benzene rings is 2. The summed E-state index contributed by atoms with van der Waals surface area (Å²) in [6.07, 6.45) is 0.805. The first-order valence-electron chi connectivity index (χ1n) is 8.04. The highest BCUT2D eigenvalue weighted by Gasteiger charge is 2.11. The zero-order valence-electron chi connectivity index (χ0n) is 14.1. The monoisotopic (exact) mass is 353 g/mol. The maximum atomic E-state index is 12.3. The smallest absolute Gasteiger partial charge is 0.257 e. The lowest BCUT2D eigenvalue weighted by molar-refractivity contribution is 0.102. The molecule has 3 rings (SSSR count). The van der Waals surface area contributed by atoms with E-state index in [2.05, 4.69) is 15.5 Å². The van der Waals surface area contributed by atoms with E-state index in [4.69, 9.17) is 4.74 Å². The third kappa shape index (κ3) is 4.87. The van der Waals surface area contributed by atoms with Crippen LogP contribution in [0.1, 0.15) is 34.8 Å². The lowest BCUT2D eigenvalue weighted by Gasteiger charge is -2.09. The van der Waals surface area contributed by atoms with Gasteiger partial charge in [0.2, 0.25) is 5.13 Å². The van der Waals surface area contributed by atoms with Gasteiger partial charge in [-0.25, -0.2) is 0 Å². The van der Waals surface area contributed by atoms with Crippen molar-refractivity contribution in [3.63, 3.8) is 0 Å². The number of anilines is 1. The molecule has 0 aliphatic rings. The molecule has 6 heteroatoms. The molecule has 0 aliphatic carbocycles. The fraction of sp³-hybridized carbons (Fsp3) is 0.211. The summed E-state index contributed by atoms with van der Waals surface area (Å²) in [6, 6.07) is 17.1. The molecule has 1 heterocycles. The van der Waals surface area contributed by atoms with Crippen LogP contribution < -0.4 is 10.1 Å². The van der Waals surface area contributed by atoms with Gasteiger partial charge in [-0.1, -0.05) is 41.7 Å². The van der Waals surface area contributed by atoms with Gasteiger partial charge in [-0.3, -0.25) is 10.1 Å². The molecule has 0 saturated heterocycles. The summed E-state index contributed by atoms with van der Waals surface area (Å²) < 4.78 is 5.58. The number of ether oxygens (including phenoxy) is 1. The van der Waals surface area contributed by atoms with Gasteiger partial charge in [0, 0.05) is 12.0 Å². The Morgan fingerprint density at radius 2 is 1.80 bits per heavy atom. The van der Waals surface area contributed by atoms with Gasteiger partial charge < -0.3 is 4.74 Å². The maximum absolute atomic E-state index is 12.3. The fourth-order valence-electron chi connectivity index (χ4n) is 2.27. The minimum Gasteiger partial charge on any atom is -0.491 e. The van der Waals surface area contributed by atoms with Crippen molar-refractivity contribution < 1.29 is 9.53 Å². The van der Waals surface area contributed by atoms with Crippen LogP contribution >= 0.6 is 11.3 Å². The van der Waals surface area contributed by atoms with E-state index in [0.717, 1.165) is 16.3 Å². The molecule has 0 saturated carbocycles. The standard InChI is InChI=1S/C19H19N3O2S/c1-13(2)24-16-10-8-15(9-11-16)18(23)20-19-22-21-17(25-19)12-14-6-4-3-5-7-14/h3-11,13H,12H2,1-2H3,(H,20,22,23). The van der Waals surface area contributed by atoms with Gasteiger partial charge >= 0.3 is 0 Å². The Hall–Kier alpha value is -2.73. The second kappa shape index (κ2) is 7.90. The van der Waals surface area contributed by atoms with Crippen molar-refractivity contribution in [3.05, 3.63) is 70.7 Å². The SMILES string of the molecule is CC(C)Oc1ccc(C(=O)Nc2nnc(Cc3ccccc3)s2)cc1.